The third-order valence-corrected chi connectivity index (χ3v) is 20.9. The second kappa shape index (κ2) is 5.42. The van der Waals surface area contributed by atoms with E-state index in [0.717, 1.165) is 42.8 Å². The average molecular weight is 386 g/mol. The minimum absolute atomic E-state index is 0.876. The Labute approximate surface area is 146 Å². The van der Waals surface area contributed by atoms with E-state index in [9.17, 15) is 0 Å². The molecule has 0 spiro atoms. The zero-order chi connectivity index (χ0) is 15.6. The summed E-state index contributed by atoms with van der Waals surface area (Å²) in [6.07, 6.45) is 25.7. The van der Waals surface area contributed by atoms with Gasteiger partial charge in [-0.2, -0.15) is 0 Å². The standard InChI is InChI=1S/C20H24.2CH3.Zr/c1-2-6-18-12-15(11-17(18)5-1)9-10-16-13-19-7-3-4-8-20(19)14-16;;;/h1-8,11,13,15-20H,9-10,12,14H2;2*1H3;. The van der Waals surface area contributed by atoms with Crippen LogP contribution >= 0.6 is 0 Å². The molecule has 5 aliphatic rings. The molecule has 1 aliphatic heterocycles. The van der Waals surface area contributed by atoms with Gasteiger partial charge in [-0.25, -0.2) is 0 Å². The summed E-state index contributed by atoms with van der Waals surface area (Å²) in [5.74, 6) is 5.65. The van der Waals surface area contributed by atoms with Gasteiger partial charge in [-0.05, 0) is 0 Å². The normalized spacial score (nSPS) is 51.7. The Kier molecular flexibility index (Phi) is 3.56. The third kappa shape index (κ3) is 2.18. The van der Waals surface area contributed by atoms with Crippen molar-refractivity contribution in [3.05, 3.63) is 48.6 Å². The van der Waals surface area contributed by atoms with Crippen molar-refractivity contribution in [3.8, 4) is 0 Å². The number of hydrogen-bond donors (Lipinski definition) is 0. The van der Waals surface area contributed by atoms with Gasteiger partial charge in [0.15, 0.2) is 0 Å². The molecule has 1 heteroatoms. The van der Waals surface area contributed by atoms with Gasteiger partial charge in [-0.1, -0.05) is 0 Å². The van der Waals surface area contributed by atoms with Crippen LogP contribution in [0.5, 0.6) is 0 Å². The molecule has 0 bridgehead atoms. The summed E-state index contributed by atoms with van der Waals surface area (Å²) in [5, 5.41) is 0. The number of rotatable bonds is 0. The molecule has 8 atom stereocenters. The van der Waals surface area contributed by atoms with Crippen LogP contribution in [0.4, 0.5) is 0 Å². The van der Waals surface area contributed by atoms with Gasteiger partial charge in [0.25, 0.3) is 0 Å². The van der Waals surface area contributed by atoms with Gasteiger partial charge in [-0.3, -0.25) is 0 Å². The molecule has 122 valence electrons. The summed E-state index contributed by atoms with van der Waals surface area (Å²) in [6.45, 7) is 0. The Morgan fingerprint density at radius 1 is 0.652 bits per heavy atom. The van der Waals surface area contributed by atoms with Crippen LogP contribution in [-0.2, 0) is 20.3 Å². The molecule has 0 N–H and O–H groups in total. The summed E-state index contributed by atoms with van der Waals surface area (Å²) in [7, 11) is 0. The van der Waals surface area contributed by atoms with E-state index in [1.807, 2.05) is 0 Å². The van der Waals surface area contributed by atoms with Crippen molar-refractivity contribution in [2.75, 3.05) is 0 Å². The molecular weight excluding hydrogens is 355 g/mol. The molecule has 3 fully saturated rings. The van der Waals surface area contributed by atoms with Crippen molar-refractivity contribution in [2.45, 2.75) is 42.2 Å². The van der Waals surface area contributed by atoms with Gasteiger partial charge < -0.3 is 0 Å². The van der Waals surface area contributed by atoms with Gasteiger partial charge in [0.1, 0.15) is 0 Å². The molecule has 5 rings (SSSR count). The van der Waals surface area contributed by atoms with Crippen LogP contribution in [0.1, 0.15) is 25.7 Å². The van der Waals surface area contributed by atoms with E-state index in [1.165, 1.54) is 25.7 Å². The Bertz CT molecular complexity index is 555. The Hall–Kier alpha value is -0.157. The van der Waals surface area contributed by atoms with E-state index in [2.05, 4.69) is 57.9 Å². The number of fused-ring (bicyclic) bond motifs is 6. The molecular formula is C22H30Zr. The maximum absolute atomic E-state index is 2.85. The van der Waals surface area contributed by atoms with Gasteiger partial charge in [0.05, 0.1) is 0 Å². The summed E-state index contributed by atoms with van der Waals surface area (Å²) in [6, 6.07) is 0. The van der Waals surface area contributed by atoms with Crippen molar-refractivity contribution in [1.29, 1.82) is 0 Å². The fraction of sp³-hybridized carbons (Fsp3) is 0.636. The zero-order valence-corrected chi connectivity index (χ0v) is 17.0. The molecule has 1 saturated heterocycles. The van der Waals surface area contributed by atoms with E-state index in [-0.39, 0.29) is 0 Å². The van der Waals surface area contributed by atoms with Crippen molar-refractivity contribution < 1.29 is 20.3 Å². The Morgan fingerprint density at radius 2 is 1.09 bits per heavy atom. The summed E-state index contributed by atoms with van der Waals surface area (Å²) in [5.41, 5.74) is 0. The van der Waals surface area contributed by atoms with Crippen LogP contribution < -0.4 is 0 Å². The van der Waals surface area contributed by atoms with Crippen molar-refractivity contribution in [2.24, 2.45) is 35.5 Å². The first-order valence-corrected chi connectivity index (χ1v) is 17.6. The molecule has 0 nitrogen and oxygen atoms in total. The first-order valence-electron chi connectivity index (χ1n) is 9.86. The predicted octanol–water partition coefficient (Wildman–Crippen LogP) is 6.36. The average Bonchev–Trinajstić information content (AvgIpc) is 3.08. The monoisotopic (exact) mass is 384 g/mol. The van der Waals surface area contributed by atoms with E-state index in [0.29, 0.717) is 0 Å². The second-order valence-corrected chi connectivity index (χ2v) is 21.7. The van der Waals surface area contributed by atoms with E-state index in [1.54, 1.807) is 0 Å². The van der Waals surface area contributed by atoms with Gasteiger partial charge in [-0.15, -0.1) is 0 Å². The van der Waals surface area contributed by atoms with Crippen molar-refractivity contribution in [3.63, 3.8) is 0 Å². The summed E-state index contributed by atoms with van der Waals surface area (Å²) in [4.78, 5) is 0. The molecule has 0 amide bonds. The van der Waals surface area contributed by atoms with E-state index < -0.39 is 20.3 Å². The third-order valence-electron chi connectivity index (χ3n) is 8.22. The summed E-state index contributed by atoms with van der Waals surface area (Å²) < 4.78 is 7.89. The fourth-order valence-corrected chi connectivity index (χ4v) is 22.8. The molecule has 23 heavy (non-hydrogen) atoms. The second-order valence-electron chi connectivity index (χ2n) is 9.46. The molecule has 0 radical (unpaired) electrons. The van der Waals surface area contributed by atoms with Crippen LogP contribution in [0, 0.1) is 35.5 Å². The van der Waals surface area contributed by atoms with Crippen LogP contribution in [0.25, 0.3) is 0 Å². The maximum atomic E-state index is 2.85. The van der Waals surface area contributed by atoms with Gasteiger partial charge in [0, 0.05) is 0 Å². The summed E-state index contributed by atoms with van der Waals surface area (Å²) >= 11 is -2.19. The van der Waals surface area contributed by atoms with Crippen molar-refractivity contribution in [1.82, 2.24) is 0 Å². The predicted molar refractivity (Wildman–Crippen MR) is 95.2 cm³/mol. The Morgan fingerprint density at radius 3 is 1.57 bits per heavy atom. The first kappa shape index (κ1) is 15.1. The van der Waals surface area contributed by atoms with Gasteiger partial charge >= 0.3 is 147 Å². The van der Waals surface area contributed by atoms with Crippen LogP contribution in [0.15, 0.2) is 48.6 Å². The fourth-order valence-electron chi connectivity index (χ4n) is 7.66. The first-order chi connectivity index (χ1) is 11.2. The van der Waals surface area contributed by atoms with Crippen LogP contribution in [0.3, 0.4) is 0 Å². The molecule has 8 unspecified atom stereocenters. The zero-order valence-electron chi connectivity index (χ0n) is 14.6. The quantitative estimate of drug-likeness (QED) is 0.455. The molecule has 0 aromatic heterocycles. The van der Waals surface area contributed by atoms with Crippen LogP contribution in [0.2, 0.25) is 16.5 Å². The van der Waals surface area contributed by atoms with Gasteiger partial charge in [0.2, 0.25) is 0 Å². The topological polar surface area (TPSA) is 0 Å². The van der Waals surface area contributed by atoms with Crippen molar-refractivity contribution >= 4 is 0 Å². The van der Waals surface area contributed by atoms with E-state index >= 15 is 0 Å². The molecule has 0 aromatic rings. The number of hydrogen-bond acceptors (Lipinski definition) is 0. The number of allylic oxidation sites excluding steroid dienone is 8. The minimum atomic E-state index is -2.19. The molecule has 1 heterocycles. The molecule has 0 aromatic carbocycles. The van der Waals surface area contributed by atoms with E-state index in [4.69, 9.17) is 0 Å². The molecule has 4 aliphatic carbocycles. The van der Waals surface area contributed by atoms with Crippen LogP contribution in [-0.4, -0.2) is 0 Å². The SMILES string of the molecule is [CH3][Zr]1([CH3])[CH]2C(CCC3CC4C=CC=CC4[CH]31)CC1C=CC=CC12. The Balaban J connectivity index is 1.55. The molecule has 2 saturated carbocycles.